The molecule has 106 valence electrons. The molecule has 8 heteroatoms. The highest BCUT2D eigenvalue weighted by Crippen LogP contribution is 2.32. The molecule has 1 fully saturated rings. The molecule has 1 aliphatic heterocycles. The van der Waals surface area contributed by atoms with Crippen LogP contribution in [0.25, 0.3) is 21.9 Å². The van der Waals surface area contributed by atoms with Crippen molar-refractivity contribution in [3.8, 4) is 0 Å². The fraction of sp³-hybridized carbons (Fsp3) is 0.308. The van der Waals surface area contributed by atoms with E-state index in [0.29, 0.717) is 11.2 Å². The predicted octanol–water partition coefficient (Wildman–Crippen LogP) is 0.355. The van der Waals surface area contributed by atoms with E-state index in [1.807, 2.05) is 11.0 Å². The first-order valence-corrected chi connectivity index (χ1v) is 6.76. The molecular weight excluding hydrogens is 270 g/mol. The molecular formula is C13H13N7O. The summed E-state index contributed by atoms with van der Waals surface area (Å²) in [6, 6.07) is 1.57. The number of carbonyl (C=O) groups is 1. The number of fused-ring (bicyclic) bond motifs is 3. The van der Waals surface area contributed by atoms with Gasteiger partial charge in [0.15, 0.2) is 5.65 Å². The number of nitrogens with one attached hydrogen (secondary N) is 1. The van der Waals surface area contributed by atoms with Crippen LogP contribution in [0.3, 0.4) is 0 Å². The van der Waals surface area contributed by atoms with E-state index in [1.54, 1.807) is 12.4 Å². The largest absolute Gasteiger partial charge is 0.368 e. The van der Waals surface area contributed by atoms with Crippen molar-refractivity contribution < 1.29 is 4.79 Å². The summed E-state index contributed by atoms with van der Waals surface area (Å²) >= 11 is 0. The molecule has 1 amide bonds. The van der Waals surface area contributed by atoms with Gasteiger partial charge in [0.05, 0.1) is 11.6 Å². The Hall–Kier alpha value is -2.77. The number of H-pyrrole nitrogens is 1. The summed E-state index contributed by atoms with van der Waals surface area (Å²) in [6.45, 7) is 0.753. The minimum absolute atomic E-state index is 0.320. The summed E-state index contributed by atoms with van der Waals surface area (Å²) in [7, 11) is 0. The number of hydrogen-bond donors (Lipinski definition) is 2. The van der Waals surface area contributed by atoms with Gasteiger partial charge in [-0.2, -0.15) is 5.10 Å². The van der Waals surface area contributed by atoms with Gasteiger partial charge in [-0.1, -0.05) is 0 Å². The number of nitrogens with two attached hydrogens (primary N) is 1. The van der Waals surface area contributed by atoms with E-state index in [0.717, 1.165) is 36.0 Å². The molecule has 1 aliphatic rings. The van der Waals surface area contributed by atoms with Crippen LogP contribution in [0.2, 0.25) is 0 Å². The Labute approximate surface area is 119 Å². The molecule has 1 unspecified atom stereocenters. The van der Waals surface area contributed by atoms with E-state index < -0.39 is 0 Å². The van der Waals surface area contributed by atoms with Gasteiger partial charge in [0.2, 0.25) is 5.91 Å². The van der Waals surface area contributed by atoms with Crippen molar-refractivity contribution in [2.75, 3.05) is 11.4 Å². The normalized spacial score (nSPS) is 18.7. The number of aromatic amines is 1. The number of primary amides is 1. The van der Waals surface area contributed by atoms with Gasteiger partial charge in [0.1, 0.15) is 17.4 Å². The van der Waals surface area contributed by atoms with Crippen LogP contribution in [-0.2, 0) is 4.79 Å². The molecule has 0 saturated carbocycles. The van der Waals surface area contributed by atoms with Crippen LogP contribution in [0.1, 0.15) is 12.8 Å². The Morgan fingerprint density at radius 2 is 2.33 bits per heavy atom. The van der Waals surface area contributed by atoms with Crippen molar-refractivity contribution in [1.29, 1.82) is 0 Å². The molecule has 0 aromatic carbocycles. The van der Waals surface area contributed by atoms with E-state index in [4.69, 9.17) is 5.73 Å². The van der Waals surface area contributed by atoms with Gasteiger partial charge in [-0.3, -0.25) is 9.89 Å². The summed E-state index contributed by atoms with van der Waals surface area (Å²) in [5, 5.41) is 17.1. The second-order valence-electron chi connectivity index (χ2n) is 5.11. The average Bonchev–Trinajstić information content (AvgIpc) is 3.15. The van der Waals surface area contributed by atoms with Gasteiger partial charge in [-0.15, -0.1) is 10.2 Å². The van der Waals surface area contributed by atoms with Crippen molar-refractivity contribution in [3.63, 3.8) is 0 Å². The van der Waals surface area contributed by atoms with Gasteiger partial charge in [-0.25, -0.2) is 4.98 Å². The first-order chi connectivity index (χ1) is 10.3. The smallest absolute Gasteiger partial charge is 0.240 e. The van der Waals surface area contributed by atoms with Crippen LogP contribution in [-0.4, -0.2) is 43.9 Å². The fourth-order valence-electron chi connectivity index (χ4n) is 2.98. The quantitative estimate of drug-likeness (QED) is 0.701. The number of nitrogens with zero attached hydrogens (tertiary/aromatic N) is 5. The Morgan fingerprint density at radius 3 is 3.19 bits per heavy atom. The van der Waals surface area contributed by atoms with E-state index in [9.17, 15) is 4.79 Å². The monoisotopic (exact) mass is 283 g/mol. The lowest BCUT2D eigenvalue weighted by atomic mass is 10.2. The molecule has 1 atom stereocenters. The van der Waals surface area contributed by atoms with Gasteiger partial charge in [0.25, 0.3) is 0 Å². The number of carbonyl (C=O) groups excluding carboxylic acids is 1. The van der Waals surface area contributed by atoms with E-state index in [-0.39, 0.29) is 11.9 Å². The minimum atomic E-state index is -0.322. The van der Waals surface area contributed by atoms with E-state index in [1.165, 1.54) is 0 Å². The maximum atomic E-state index is 11.6. The maximum Gasteiger partial charge on any atom is 0.240 e. The molecule has 3 N–H and O–H groups in total. The molecule has 1 saturated heterocycles. The SMILES string of the molecule is NC(=O)C1CCCN1c1[nH]ncc2nnc3nccc3c12. The number of aromatic nitrogens is 5. The standard InChI is InChI=1S/C13H13N7O/c14-11(21)9-2-1-5-20(9)13-10-7-3-4-15-12(7)18-17-8(10)6-16-19-13/h3-4,6,9,19H,1-2,5H2,(H2,14,21). The fourth-order valence-corrected chi connectivity index (χ4v) is 2.98. The molecule has 3 aromatic heterocycles. The van der Waals surface area contributed by atoms with Crippen molar-refractivity contribution in [3.05, 3.63) is 18.5 Å². The highest BCUT2D eigenvalue weighted by Gasteiger charge is 2.31. The Morgan fingerprint density at radius 1 is 1.43 bits per heavy atom. The summed E-state index contributed by atoms with van der Waals surface area (Å²) in [6.07, 6.45) is 4.98. The zero-order valence-corrected chi connectivity index (χ0v) is 11.2. The van der Waals surface area contributed by atoms with Crippen molar-refractivity contribution in [2.24, 2.45) is 5.73 Å². The minimum Gasteiger partial charge on any atom is -0.368 e. The second-order valence-corrected chi connectivity index (χ2v) is 5.11. The summed E-state index contributed by atoms with van der Waals surface area (Å²) in [4.78, 5) is 17.8. The van der Waals surface area contributed by atoms with E-state index >= 15 is 0 Å². The highest BCUT2D eigenvalue weighted by molar-refractivity contribution is 6.09. The Kier molecular flexibility index (Phi) is 2.50. The maximum absolute atomic E-state index is 11.6. The van der Waals surface area contributed by atoms with Crippen LogP contribution in [0.4, 0.5) is 5.82 Å². The summed E-state index contributed by atoms with van der Waals surface area (Å²) < 4.78 is 0. The van der Waals surface area contributed by atoms with Gasteiger partial charge in [-0.05, 0) is 18.9 Å². The molecule has 0 spiro atoms. The Balaban J connectivity index is 2.00. The number of hydrogen-bond acceptors (Lipinski definition) is 6. The Bertz CT molecular complexity index is 843. The van der Waals surface area contributed by atoms with Gasteiger partial charge < -0.3 is 10.6 Å². The summed E-state index contributed by atoms with van der Waals surface area (Å²) in [5.74, 6) is 0.429. The molecule has 4 rings (SSSR count). The molecule has 0 bridgehead atoms. The topological polar surface area (TPSA) is 114 Å². The molecule has 4 heterocycles. The average molecular weight is 283 g/mol. The number of rotatable bonds is 2. The van der Waals surface area contributed by atoms with Crippen molar-refractivity contribution >= 4 is 33.7 Å². The molecule has 8 nitrogen and oxygen atoms in total. The van der Waals surface area contributed by atoms with Crippen LogP contribution in [0, 0.1) is 0 Å². The van der Waals surface area contributed by atoms with Crippen molar-refractivity contribution in [2.45, 2.75) is 18.9 Å². The van der Waals surface area contributed by atoms with Crippen LogP contribution >= 0.6 is 0 Å². The highest BCUT2D eigenvalue weighted by atomic mass is 16.1. The molecule has 21 heavy (non-hydrogen) atoms. The molecule has 0 radical (unpaired) electrons. The number of anilines is 1. The summed E-state index contributed by atoms with van der Waals surface area (Å²) in [5.41, 5.74) is 6.75. The predicted molar refractivity (Wildman–Crippen MR) is 76.5 cm³/mol. The van der Waals surface area contributed by atoms with Gasteiger partial charge >= 0.3 is 0 Å². The van der Waals surface area contributed by atoms with Crippen LogP contribution < -0.4 is 10.6 Å². The zero-order chi connectivity index (χ0) is 14.4. The van der Waals surface area contributed by atoms with Gasteiger partial charge in [0, 0.05) is 18.1 Å². The van der Waals surface area contributed by atoms with Crippen LogP contribution in [0.5, 0.6) is 0 Å². The third kappa shape index (κ3) is 1.72. The molecule has 0 aliphatic carbocycles. The third-order valence-corrected chi connectivity index (χ3v) is 3.92. The lowest BCUT2D eigenvalue weighted by Gasteiger charge is -2.24. The first kappa shape index (κ1) is 12.0. The number of amides is 1. The van der Waals surface area contributed by atoms with Crippen LogP contribution in [0.15, 0.2) is 18.5 Å². The van der Waals surface area contributed by atoms with Crippen molar-refractivity contribution in [1.82, 2.24) is 25.4 Å². The first-order valence-electron chi connectivity index (χ1n) is 6.76. The second kappa shape index (κ2) is 4.37. The zero-order valence-electron chi connectivity index (χ0n) is 11.2. The lowest BCUT2D eigenvalue weighted by molar-refractivity contribution is -0.119. The molecule has 3 aromatic rings. The third-order valence-electron chi connectivity index (χ3n) is 3.92. The lowest BCUT2D eigenvalue weighted by Crippen LogP contribution is -2.41. The van der Waals surface area contributed by atoms with E-state index in [2.05, 4.69) is 25.4 Å².